The van der Waals surface area contributed by atoms with Crippen LogP contribution in [0.4, 0.5) is 0 Å². The number of thiocarbonyl (C=S) groups is 1. The second-order valence-corrected chi connectivity index (χ2v) is 4.65. The van der Waals surface area contributed by atoms with Crippen molar-refractivity contribution in [3.8, 4) is 0 Å². The van der Waals surface area contributed by atoms with Gasteiger partial charge < -0.3 is 4.52 Å². The summed E-state index contributed by atoms with van der Waals surface area (Å²) in [6.07, 6.45) is 3.01. The maximum atomic E-state index is 12.3. The van der Waals surface area contributed by atoms with Gasteiger partial charge in [0.05, 0.1) is 5.69 Å². The van der Waals surface area contributed by atoms with Crippen LogP contribution in [0.3, 0.4) is 0 Å². The van der Waals surface area contributed by atoms with Gasteiger partial charge in [-0.05, 0) is 32.1 Å². The number of carbonyl (C=O) groups is 2. The van der Waals surface area contributed by atoms with E-state index in [1.807, 2.05) is 0 Å². The highest BCUT2D eigenvalue weighted by atomic mass is 32.1. The molecule has 1 aromatic rings. The van der Waals surface area contributed by atoms with Crippen molar-refractivity contribution in [2.45, 2.75) is 13.8 Å². The number of aryl methyl sites for hydroxylation is 2. The molecule has 0 aliphatic carbocycles. The Morgan fingerprint density at radius 3 is 2.70 bits per heavy atom. The van der Waals surface area contributed by atoms with E-state index in [9.17, 15) is 9.59 Å². The Hall–Kier alpha value is -2.28. The van der Waals surface area contributed by atoms with Crippen LogP contribution in [0.5, 0.6) is 0 Å². The van der Waals surface area contributed by atoms with Gasteiger partial charge >= 0.3 is 0 Å². The number of nitrogens with one attached hydrogen (secondary N) is 1. The maximum Gasteiger partial charge on any atom is 0.265 e. The second-order valence-electron chi connectivity index (χ2n) is 4.26. The highest BCUT2D eigenvalue weighted by molar-refractivity contribution is 7.80. The molecular weight excluding hydrogens is 278 g/mol. The first-order valence-electron chi connectivity index (χ1n) is 5.88. The molecule has 2 rings (SSSR count). The van der Waals surface area contributed by atoms with E-state index in [1.54, 1.807) is 13.8 Å². The highest BCUT2D eigenvalue weighted by Crippen LogP contribution is 2.19. The van der Waals surface area contributed by atoms with Crippen LogP contribution >= 0.6 is 12.2 Å². The van der Waals surface area contributed by atoms with Gasteiger partial charge in [0.15, 0.2) is 5.11 Å². The van der Waals surface area contributed by atoms with Gasteiger partial charge in [0.2, 0.25) is 0 Å². The Morgan fingerprint density at radius 1 is 1.45 bits per heavy atom. The molecule has 1 saturated heterocycles. The third-order valence-electron chi connectivity index (χ3n) is 2.87. The SMILES string of the molecule is C=CCN1C(=O)/C(=C\c2c(C)noc2C)C(=O)NC1=S. The lowest BCUT2D eigenvalue weighted by Gasteiger charge is -2.27. The summed E-state index contributed by atoms with van der Waals surface area (Å²) in [5.74, 6) is -0.446. The van der Waals surface area contributed by atoms with Crippen molar-refractivity contribution >= 4 is 35.2 Å². The summed E-state index contributed by atoms with van der Waals surface area (Å²) in [6.45, 7) is 7.24. The van der Waals surface area contributed by atoms with Crippen molar-refractivity contribution in [1.82, 2.24) is 15.4 Å². The third kappa shape index (κ3) is 2.39. The first-order chi connectivity index (χ1) is 9.45. The third-order valence-corrected chi connectivity index (χ3v) is 3.20. The number of carbonyl (C=O) groups excluding carboxylic acids is 2. The molecule has 0 spiro atoms. The predicted molar refractivity (Wildman–Crippen MR) is 76.6 cm³/mol. The molecule has 0 saturated carbocycles. The van der Waals surface area contributed by atoms with Gasteiger partial charge in [-0.1, -0.05) is 11.2 Å². The molecule has 104 valence electrons. The molecule has 0 unspecified atom stereocenters. The van der Waals surface area contributed by atoms with E-state index in [1.165, 1.54) is 17.1 Å². The molecule has 2 heterocycles. The van der Waals surface area contributed by atoms with E-state index in [0.717, 1.165) is 0 Å². The number of rotatable bonds is 3. The molecule has 1 fully saturated rings. The summed E-state index contributed by atoms with van der Waals surface area (Å²) in [5.41, 5.74) is 1.23. The van der Waals surface area contributed by atoms with Crippen LogP contribution < -0.4 is 5.32 Å². The van der Waals surface area contributed by atoms with Gasteiger partial charge in [0, 0.05) is 12.1 Å². The molecule has 6 nitrogen and oxygen atoms in total. The molecule has 1 aliphatic rings. The Morgan fingerprint density at radius 2 is 2.15 bits per heavy atom. The molecule has 7 heteroatoms. The fourth-order valence-electron chi connectivity index (χ4n) is 1.83. The molecule has 0 bridgehead atoms. The van der Waals surface area contributed by atoms with Crippen LogP contribution in [-0.2, 0) is 9.59 Å². The molecule has 1 N–H and O–H groups in total. The minimum Gasteiger partial charge on any atom is -0.361 e. The smallest absolute Gasteiger partial charge is 0.265 e. The molecule has 20 heavy (non-hydrogen) atoms. The summed E-state index contributed by atoms with van der Waals surface area (Å²) in [6, 6.07) is 0. The minimum absolute atomic E-state index is 0.00477. The highest BCUT2D eigenvalue weighted by Gasteiger charge is 2.33. The van der Waals surface area contributed by atoms with Crippen LogP contribution in [0.15, 0.2) is 22.8 Å². The fourth-order valence-corrected chi connectivity index (χ4v) is 2.08. The number of aromatic nitrogens is 1. The summed E-state index contributed by atoms with van der Waals surface area (Å²) < 4.78 is 5.01. The van der Waals surface area contributed by atoms with E-state index >= 15 is 0 Å². The Kier molecular flexibility index (Phi) is 3.80. The lowest BCUT2D eigenvalue weighted by atomic mass is 10.1. The van der Waals surface area contributed by atoms with Gasteiger partial charge in [-0.3, -0.25) is 19.8 Å². The lowest BCUT2D eigenvalue weighted by Crippen LogP contribution is -2.53. The standard InChI is InChI=1S/C13H13N3O3S/c1-4-5-16-12(18)10(11(17)14-13(16)20)6-9-7(2)15-19-8(9)3/h4,6H,1,5H2,2-3H3,(H,14,17,20)/b10-6-. The Bertz CT molecular complexity index is 626. The zero-order chi connectivity index (χ0) is 14.9. The van der Waals surface area contributed by atoms with Gasteiger partial charge in [0.1, 0.15) is 11.3 Å². The van der Waals surface area contributed by atoms with E-state index in [4.69, 9.17) is 16.7 Å². The van der Waals surface area contributed by atoms with Crippen molar-refractivity contribution in [3.05, 3.63) is 35.2 Å². The summed E-state index contributed by atoms with van der Waals surface area (Å²) in [4.78, 5) is 25.5. The van der Waals surface area contributed by atoms with E-state index in [2.05, 4.69) is 17.1 Å². The number of hydrogen-bond acceptors (Lipinski definition) is 5. The predicted octanol–water partition coefficient (Wildman–Crippen LogP) is 1.10. The molecule has 1 aliphatic heterocycles. The zero-order valence-corrected chi connectivity index (χ0v) is 11.9. The normalized spacial score (nSPS) is 17.6. The average Bonchev–Trinajstić information content (AvgIpc) is 2.70. The van der Waals surface area contributed by atoms with Crippen LogP contribution in [-0.4, -0.2) is 33.5 Å². The van der Waals surface area contributed by atoms with Gasteiger partial charge in [-0.2, -0.15) is 0 Å². The zero-order valence-electron chi connectivity index (χ0n) is 11.1. The summed E-state index contributed by atoms with van der Waals surface area (Å²) >= 11 is 4.97. The van der Waals surface area contributed by atoms with Crippen molar-refractivity contribution in [3.63, 3.8) is 0 Å². The Balaban J connectivity index is 2.44. The Labute approximate surface area is 121 Å². The molecule has 1 aromatic heterocycles. The van der Waals surface area contributed by atoms with E-state index < -0.39 is 11.8 Å². The average molecular weight is 291 g/mol. The molecule has 0 aromatic carbocycles. The first-order valence-corrected chi connectivity index (χ1v) is 6.29. The van der Waals surface area contributed by atoms with E-state index in [-0.39, 0.29) is 17.2 Å². The number of hydrogen-bond donors (Lipinski definition) is 1. The number of nitrogens with zero attached hydrogens (tertiary/aromatic N) is 2. The second kappa shape index (κ2) is 5.38. The van der Waals surface area contributed by atoms with Gasteiger partial charge in [-0.15, -0.1) is 6.58 Å². The van der Waals surface area contributed by atoms with Crippen LogP contribution in [0, 0.1) is 13.8 Å². The van der Waals surface area contributed by atoms with Crippen LogP contribution in [0.2, 0.25) is 0 Å². The molecule has 0 radical (unpaired) electrons. The lowest BCUT2D eigenvalue weighted by molar-refractivity contribution is -0.128. The number of amides is 2. The van der Waals surface area contributed by atoms with Crippen molar-refractivity contribution in [2.75, 3.05) is 6.54 Å². The van der Waals surface area contributed by atoms with E-state index in [0.29, 0.717) is 17.0 Å². The van der Waals surface area contributed by atoms with Gasteiger partial charge in [-0.25, -0.2) is 0 Å². The van der Waals surface area contributed by atoms with Crippen LogP contribution in [0.1, 0.15) is 17.0 Å². The first kappa shape index (κ1) is 14.1. The largest absolute Gasteiger partial charge is 0.361 e. The molecular formula is C13H13N3O3S. The maximum absolute atomic E-state index is 12.3. The monoisotopic (exact) mass is 291 g/mol. The van der Waals surface area contributed by atoms with Gasteiger partial charge in [0.25, 0.3) is 11.8 Å². The van der Waals surface area contributed by atoms with Crippen LogP contribution in [0.25, 0.3) is 6.08 Å². The minimum atomic E-state index is -0.527. The van der Waals surface area contributed by atoms with Crippen molar-refractivity contribution < 1.29 is 14.1 Å². The van der Waals surface area contributed by atoms with Crippen molar-refractivity contribution in [2.24, 2.45) is 0 Å². The quantitative estimate of drug-likeness (QED) is 0.391. The summed E-state index contributed by atoms with van der Waals surface area (Å²) in [7, 11) is 0. The summed E-state index contributed by atoms with van der Waals surface area (Å²) in [5, 5.41) is 6.34. The fraction of sp³-hybridized carbons (Fsp3) is 0.231. The topological polar surface area (TPSA) is 75.4 Å². The molecule has 0 atom stereocenters. The van der Waals surface area contributed by atoms with Crippen molar-refractivity contribution in [1.29, 1.82) is 0 Å². The molecule has 2 amide bonds.